The molecule has 1 heterocycles. The molecular weight excluding hydrogens is 617 g/mol. The molecule has 0 amide bonds. The van der Waals surface area contributed by atoms with Crippen LogP contribution in [0.3, 0.4) is 0 Å². The Morgan fingerprint density at radius 1 is 0.333 bits per heavy atom. The first-order valence-corrected chi connectivity index (χ1v) is 15.3. The first-order chi connectivity index (χ1) is 36.9. The summed E-state index contributed by atoms with van der Waals surface area (Å²) in [5, 5.41) is -6.24. The Bertz CT molecular complexity index is 4740. The molecule has 1 nitrogen and oxygen atoms in total. The van der Waals surface area contributed by atoms with E-state index < -0.39 is 278 Å². The molecule has 0 saturated heterocycles. The number of rotatable bonds is 3. The van der Waals surface area contributed by atoms with Gasteiger partial charge < -0.3 is 4.42 Å². The topological polar surface area (TPSA) is 13.1 Å². The average Bonchev–Trinajstić information content (AvgIpc) is 2.55. The van der Waals surface area contributed by atoms with Gasteiger partial charge >= 0.3 is 0 Å². The first kappa shape index (κ1) is 12.3. The van der Waals surface area contributed by atoms with Crippen LogP contribution < -0.4 is 0 Å². The summed E-state index contributed by atoms with van der Waals surface area (Å²) in [6.45, 7) is 0. The maximum Gasteiger partial charge on any atom is 0.136 e. The molecular formula is C50H30O. The Labute approximate surface area is 334 Å². The zero-order chi connectivity index (χ0) is 57.8. The van der Waals surface area contributed by atoms with Crippen LogP contribution in [0.15, 0.2) is 186 Å². The molecule has 11 aromatic rings. The highest BCUT2D eigenvalue weighted by Crippen LogP contribution is 2.46. The van der Waals surface area contributed by atoms with E-state index in [0.29, 0.717) is 0 Å². The van der Waals surface area contributed by atoms with Crippen molar-refractivity contribution in [2.45, 2.75) is 0 Å². The molecule has 0 fully saturated rings. The fourth-order valence-corrected chi connectivity index (χ4v) is 6.50. The van der Waals surface area contributed by atoms with Crippen molar-refractivity contribution < 1.29 is 42.8 Å². The van der Waals surface area contributed by atoms with Crippen LogP contribution >= 0.6 is 0 Å². The van der Waals surface area contributed by atoms with Crippen LogP contribution in [0.4, 0.5) is 0 Å². The van der Waals surface area contributed by atoms with Gasteiger partial charge in [-0.05, 0) is 117 Å². The highest BCUT2D eigenvalue weighted by molar-refractivity contribution is 6.24. The molecule has 11 rings (SSSR count). The van der Waals surface area contributed by atoms with Gasteiger partial charge in [-0.1, -0.05) is 151 Å². The quantitative estimate of drug-likeness (QED) is 0.170. The molecule has 0 aliphatic heterocycles. The monoisotopic (exact) mass is 674 g/mol. The van der Waals surface area contributed by atoms with Crippen molar-refractivity contribution in [2.75, 3.05) is 0 Å². The molecule has 0 N–H and O–H groups in total. The Morgan fingerprint density at radius 2 is 0.941 bits per heavy atom. The number of hydrogen-bond donors (Lipinski definition) is 0. The Morgan fingerprint density at radius 3 is 1.73 bits per heavy atom. The molecule has 0 atom stereocenters. The van der Waals surface area contributed by atoms with Crippen LogP contribution in [0.5, 0.6) is 0 Å². The molecule has 0 aliphatic carbocycles. The number of hydrogen-bond acceptors (Lipinski definition) is 1. The van der Waals surface area contributed by atoms with Gasteiger partial charge in [-0.25, -0.2) is 0 Å². The summed E-state index contributed by atoms with van der Waals surface area (Å²) in [5.41, 5.74) is -4.90. The summed E-state index contributed by atoms with van der Waals surface area (Å²) < 4.78 is 260. The Balaban J connectivity index is 1.41. The van der Waals surface area contributed by atoms with Crippen molar-refractivity contribution in [2.24, 2.45) is 0 Å². The minimum atomic E-state index is -0.964. The van der Waals surface area contributed by atoms with Crippen LogP contribution in [0, 0.1) is 0 Å². The first-order valence-electron chi connectivity index (χ1n) is 29.3. The van der Waals surface area contributed by atoms with Crippen LogP contribution in [0.1, 0.15) is 38.4 Å². The van der Waals surface area contributed by atoms with Crippen molar-refractivity contribution in [3.8, 4) is 33.4 Å². The van der Waals surface area contributed by atoms with E-state index in [4.69, 9.17) is 27.7 Å². The number of furan rings is 1. The second-order valence-corrected chi connectivity index (χ2v) is 11.4. The van der Waals surface area contributed by atoms with Gasteiger partial charge in [0.05, 0.1) is 38.4 Å². The molecule has 236 valence electrons. The molecule has 0 radical (unpaired) electrons. The lowest BCUT2D eigenvalue weighted by atomic mass is 9.84. The van der Waals surface area contributed by atoms with Crippen LogP contribution in [0.25, 0.3) is 109 Å². The van der Waals surface area contributed by atoms with E-state index in [0.717, 1.165) is 12.1 Å². The second-order valence-electron chi connectivity index (χ2n) is 11.4. The van der Waals surface area contributed by atoms with Crippen molar-refractivity contribution >= 4 is 75.8 Å². The van der Waals surface area contributed by atoms with Gasteiger partial charge in [0.2, 0.25) is 0 Å². The van der Waals surface area contributed by atoms with Gasteiger partial charge in [-0.3, -0.25) is 0 Å². The number of fused-ring (bicyclic) bond motifs is 8. The van der Waals surface area contributed by atoms with Crippen LogP contribution in [-0.4, -0.2) is 0 Å². The molecule has 0 bridgehead atoms. The average molecular weight is 675 g/mol. The van der Waals surface area contributed by atoms with E-state index >= 15 is 0 Å². The summed E-state index contributed by atoms with van der Waals surface area (Å²) in [5.74, 6) is 0. The number of benzene rings is 10. The van der Waals surface area contributed by atoms with Crippen LogP contribution in [0.2, 0.25) is 0 Å². The third kappa shape index (κ3) is 4.28. The summed E-state index contributed by atoms with van der Waals surface area (Å²) in [4.78, 5) is 0. The zero-order valence-corrected chi connectivity index (χ0v) is 25.6. The van der Waals surface area contributed by atoms with Crippen molar-refractivity contribution in [1.82, 2.24) is 0 Å². The molecule has 10 aromatic carbocycles. The summed E-state index contributed by atoms with van der Waals surface area (Å²) in [7, 11) is 0. The summed E-state index contributed by atoms with van der Waals surface area (Å²) in [6, 6.07) is -21.3. The van der Waals surface area contributed by atoms with Gasteiger partial charge in [0.1, 0.15) is 11.2 Å². The molecule has 1 aromatic heterocycles. The molecule has 51 heavy (non-hydrogen) atoms. The van der Waals surface area contributed by atoms with Gasteiger partial charge in [0.15, 0.2) is 0 Å². The maximum atomic E-state index is 10.1. The lowest BCUT2D eigenvalue weighted by Gasteiger charge is -2.19. The lowest BCUT2D eigenvalue weighted by molar-refractivity contribution is 0.669. The molecule has 1 heteroatoms. The minimum Gasteiger partial charge on any atom is -0.456 e. The fourth-order valence-electron chi connectivity index (χ4n) is 6.50. The molecule has 0 saturated carbocycles. The van der Waals surface area contributed by atoms with E-state index in [-0.39, 0.29) is 0 Å². The third-order valence-electron chi connectivity index (χ3n) is 8.67. The predicted octanol–water partition coefficient (Wildman–Crippen LogP) is 14.4. The highest BCUT2D eigenvalue weighted by Gasteiger charge is 2.19. The molecule has 0 aliphatic rings. The van der Waals surface area contributed by atoms with E-state index in [9.17, 15) is 15.1 Å². The molecule has 0 unspecified atom stereocenters. The van der Waals surface area contributed by atoms with Gasteiger partial charge in [-0.2, -0.15) is 0 Å². The normalized spacial score (nSPS) is 19.6. The van der Waals surface area contributed by atoms with Gasteiger partial charge in [0.25, 0.3) is 0 Å². The van der Waals surface area contributed by atoms with E-state index in [1.165, 1.54) is 0 Å². The van der Waals surface area contributed by atoms with Crippen molar-refractivity contribution in [3.63, 3.8) is 0 Å². The minimum absolute atomic E-state index is 0.408. The maximum absolute atomic E-state index is 10.1. The van der Waals surface area contributed by atoms with E-state index in [2.05, 4.69) is 0 Å². The van der Waals surface area contributed by atoms with Gasteiger partial charge in [0, 0.05) is 10.8 Å². The third-order valence-corrected chi connectivity index (χ3v) is 8.67. The lowest BCUT2D eigenvalue weighted by Crippen LogP contribution is -1.92. The second kappa shape index (κ2) is 10.9. The Kier molecular flexibility index (Phi) is 2.62. The Hall–Kier alpha value is -6.70. The van der Waals surface area contributed by atoms with Crippen molar-refractivity contribution in [1.29, 1.82) is 0 Å². The predicted molar refractivity (Wildman–Crippen MR) is 218 cm³/mol. The van der Waals surface area contributed by atoms with Gasteiger partial charge in [-0.15, -0.1) is 0 Å². The largest absolute Gasteiger partial charge is 0.456 e. The fraction of sp³-hybridized carbons (Fsp3) is 0. The highest BCUT2D eigenvalue weighted by atomic mass is 16.3. The summed E-state index contributed by atoms with van der Waals surface area (Å²) in [6.07, 6.45) is 0. The smallest absolute Gasteiger partial charge is 0.136 e. The van der Waals surface area contributed by atoms with Crippen LogP contribution in [-0.2, 0) is 0 Å². The SMILES string of the molecule is [2H]c1cc2c(-c3c([2H])c([2H])c([2H])c4c([2H])c([2H])c(-c5c([2H])c([2H])c([2H])c6oc7c([2H])c8c([2H])c([2H])c([2H])c([2H])c8c([2H])c7c56)c([2H])c34)c3cc([2H])c([2H])c([2H])c3c(-c3c([2H])c([2H])c4c([2H])c([2H])c([2H])c([2H])c4c3[2H])c2c([2H])c1[2H]. The van der Waals surface area contributed by atoms with E-state index in [1.54, 1.807) is 0 Å². The molecule has 0 spiro atoms. The summed E-state index contributed by atoms with van der Waals surface area (Å²) >= 11 is 0. The van der Waals surface area contributed by atoms with Crippen molar-refractivity contribution in [3.05, 3.63) is 181 Å². The van der Waals surface area contributed by atoms with E-state index in [1.807, 2.05) is 0 Å². The standard InChI is InChI=1S/C50H30O/c1-2-12-33-27-37(26-23-31(33)11-1)48-39-16-5-7-18-41(39)49(42-19-8-6-17-40(42)48)43-21-9-15-32-24-25-36(29-44(32)43)38-20-10-22-46-50(38)45-28-34-13-3-4-14-35(34)30-47(45)51-46/h1-30H/i1D,2D,3D,4D,5D,6D,7D,8D,9D,10D,11D,12D,13D,14D,15D,16D,17D,20D,21D,22D,23D,24D,25D,26D,27D,28D,29D,30D. The zero-order valence-electron chi connectivity index (χ0n) is 53.6.